The fraction of sp³-hybridized carbons (Fsp3) is 0.941. The Kier molecular flexibility index (Phi) is 3.10. The summed E-state index contributed by atoms with van der Waals surface area (Å²) in [5.74, 6) is 3.08. The van der Waals surface area contributed by atoms with Crippen molar-refractivity contribution in [2.24, 2.45) is 23.2 Å². The van der Waals surface area contributed by atoms with E-state index in [1.165, 1.54) is 38.5 Å². The summed E-state index contributed by atoms with van der Waals surface area (Å²) in [5, 5.41) is 9.76. The van der Waals surface area contributed by atoms with E-state index in [-0.39, 0.29) is 6.10 Å². The first kappa shape index (κ1) is 13.1. The Morgan fingerprint density at radius 1 is 1.10 bits per heavy atom. The number of likely N-dealkylation sites (tertiary alicyclic amines) is 1. The van der Waals surface area contributed by atoms with Gasteiger partial charge in [-0.1, -0.05) is 0 Å². The van der Waals surface area contributed by atoms with Gasteiger partial charge >= 0.3 is 0 Å². The van der Waals surface area contributed by atoms with Crippen molar-refractivity contribution in [2.45, 2.75) is 63.9 Å². The lowest BCUT2D eigenvalue weighted by molar-refractivity contribution is -0.142. The van der Waals surface area contributed by atoms with Gasteiger partial charge in [-0.15, -0.1) is 0 Å². The maximum atomic E-state index is 12.6. The van der Waals surface area contributed by atoms with E-state index in [0.717, 1.165) is 43.6 Å². The molecular weight excluding hydrogens is 250 g/mol. The maximum Gasteiger partial charge on any atom is 0.223 e. The second-order valence-corrected chi connectivity index (χ2v) is 8.23. The molecule has 4 saturated carbocycles. The van der Waals surface area contributed by atoms with Gasteiger partial charge in [0.05, 0.1) is 6.10 Å². The Balaban J connectivity index is 1.44. The van der Waals surface area contributed by atoms with Crippen molar-refractivity contribution in [3.05, 3.63) is 0 Å². The van der Waals surface area contributed by atoms with Crippen LogP contribution in [0.4, 0.5) is 0 Å². The molecule has 4 aliphatic carbocycles. The van der Waals surface area contributed by atoms with Crippen LogP contribution in [0, 0.1) is 23.2 Å². The molecule has 112 valence electrons. The summed E-state index contributed by atoms with van der Waals surface area (Å²) in [5.41, 5.74) is 0.342. The molecule has 5 rings (SSSR count). The molecule has 1 heterocycles. The van der Waals surface area contributed by atoms with Crippen LogP contribution in [0.2, 0.25) is 0 Å². The fourth-order valence-electron chi connectivity index (χ4n) is 6.12. The average Bonchev–Trinajstić information content (AvgIpc) is 2.36. The third-order valence-corrected chi connectivity index (χ3v) is 6.44. The number of nitrogens with zero attached hydrogens (tertiary/aromatic N) is 1. The minimum atomic E-state index is -0.288. The van der Waals surface area contributed by atoms with Gasteiger partial charge in [0.25, 0.3) is 0 Å². The summed E-state index contributed by atoms with van der Waals surface area (Å²) in [6, 6.07) is 0. The van der Waals surface area contributed by atoms with Gasteiger partial charge in [-0.25, -0.2) is 0 Å². The van der Waals surface area contributed by atoms with Crippen molar-refractivity contribution in [3.8, 4) is 0 Å². The van der Waals surface area contributed by atoms with Gasteiger partial charge in [0.15, 0.2) is 0 Å². The second-order valence-electron chi connectivity index (χ2n) is 8.23. The molecule has 0 aromatic rings. The molecule has 4 bridgehead atoms. The van der Waals surface area contributed by atoms with Crippen LogP contribution in [0.15, 0.2) is 0 Å². The molecule has 1 aliphatic heterocycles. The normalized spacial score (nSPS) is 46.8. The van der Waals surface area contributed by atoms with E-state index >= 15 is 0 Å². The van der Waals surface area contributed by atoms with Crippen LogP contribution in [-0.4, -0.2) is 35.1 Å². The molecule has 3 nitrogen and oxygen atoms in total. The number of hydrogen-bond donors (Lipinski definition) is 1. The Labute approximate surface area is 121 Å². The van der Waals surface area contributed by atoms with E-state index in [1.54, 1.807) is 0 Å². The number of β-amino-alcohol motifs (C(OH)–C–C–N with tert-alkyl or cyclic N) is 1. The molecule has 5 fully saturated rings. The number of piperidine rings is 1. The van der Waals surface area contributed by atoms with E-state index in [1.807, 2.05) is 4.90 Å². The van der Waals surface area contributed by atoms with Gasteiger partial charge in [0.1, 0.15) is 0 Å². The zero-order chi connectivity index (χ0) is 13.7. The first-order valence-corrected chi connectivity index (χ1v) is 8.58. The molecule has 5 aliphatic rings. The third-order valence-electron chi connectivity index (χ3n) is 6.44. The molecule has 0 radical (unpaired) electrons. The zero-order valence-corrected chi connectivity index (χ0v) is 12.4. The van der Waals surface area contributed by atoms with E-state index in [2.05, 4.69) is 0 Å². The summed E-state index contributed by atoms with van der Waals surface area (Å²) in [4.78, 5) is 14.6. The number of rotatable bonds is 2. The van der Waals surface area contributed by atoms with Crippen molar-refractivity contribution in [2.75, 3.05) is 13.1 Å². The van der Waals surface area contributed by atoms with Crippen molar-refractivity contribution < 1.29 is 9.90 Å². The van der Waals surface area contributed by atoms with Crippen LogP contribution < -0.4 is 0 Å². The van der Waals surface area contributed by atoms with Crippen molar-refractivity contribution in [1.29, 1.82) is 0 Å². The van der Waals surface area contributed by atoms with Gasteiger partial charge in [-0.3, -0.25) is 4.79 Å². The van der Waals surface area contributed by atoms with E-state index < -0.39 is 0 Å². The molecule has 0 unspecified atom stereocenters. The highest BCUT2D eigenvalue weighted by molar-refractivity contribution is 5.77. The molecule has 1 N–H and O–H groups in total. The number of aliphatic hydroxyl groups excluding tert-OH is 1. The summed E-state index contributed by atoms with van der Waals surface area (Å²) in [6.45, 7) is 1.44. The maximum absolute atomic E-state index is 12.6. The summed E-state index contributed by atoms with van der Waals surface area (Å²) in [6.07, 6.45) is 10.5. The predicted molar refractivity (Wildman–Crippen MR) is 77.0 cm³/mol. The molecule has 1 atom stereocenters. The molecule has 0 aromatic heterocycles. The summed E-state index contributed by atoms with van der Waals surface area (Å²) in [7, 11) is 0. The minimum Gasteiger partial charge on any atom is -0.391 e. The lowest BCUT2D eigenvalue weighted by Gasteiger charge is -2.57. The second kappa shape index (κ2) is 4.72. The largest absolute Gasteiger partial charge is 0.391 e. The van der Waals surface area contributed by atoms with Crippen molar-refractivity contribution in [1.82, 2.24) is 4.90 Å². The molecule has 0 spiro atoms. The SMILES string of the molecule is O=C(CC12CC3CC(CC(C3)C1)C2)N1CCC[C@H](O)C1. The van der Waals surface area contributed by atoms with Gasteiger partial charge < -0.3 is 10.0 Å². The summed E-state index contributed by atoms with van der Waals surface area (Å²) >= 11 is 0. The minimum absolute atomic E-state index is 0.288. The van der Waals surface area contributed by atoms with Gasteiger partial charge in [-0.05, 0) is 74.5 Å². The highest BCUT2D eigenvalue weighted by Crippen LogP contribution is 2.61. The number of aliphatic hydroxyl groups is 1. The molecular formula is C17H27NO2. The Morgan fingerprint density at radius 2 is 1.70 bits per heavy atom. The predicted octanol–water partition coefficient (Wildman–Crippen LogP) is 2.58. The van der Waals surface area contributed by atoms with Crippen LogP contribution >= 0.6 is 0 Å². The highest BCUT2D eigenvalue weighted by atomic mass is 16.3. The molecule has 1 saturated heterocycles. The molecule has 1 amide bonds. The zero-order valence-electron chi connectivity index (χ0n) is 12.4. The molecule has 20 heavy (non-hydrogen) atoms. The average molecular weight is 277 g/mol. The first-order chi connectivity index (χ1) is 9.62. The number of carbonyl (C=O) groups excluding carboxylic acids is 1. The van der Waals surface area contributed by atoms with Crippen molar-refractivity contribution in [3.63, 3.8) is 0 Å². The standard InChI is InChI=1S/C17H27NO2/c19-15-2-1-3-18(11-15)16(20)10-17-7-12-4-13(8-17)6-14(5-12)9-17/h12-15,19H,1-11H2/t12?,13?,14?,15-,17?/m0/s1. The van der Waals surface area contributed by atoms with Crippen LogP contribution in [0.1, 0.15) is 57.8 Å². The first-order valence-electron chi connectivity index (χ1n) is 8.58. The topological polar surface area (TPSA) is 40.5 Å². The van der Waals surface area contributed by atoms with Crippen LogP contribution in [-0.2, 0) is 4.79 Å². The van der Waals surface area contributed by atoms with Crippen molar-refractivity contribution >= 4 is 5.91 Å². The summed E-state index contributed by atoms with van der Waals surface area (Å²) < 4.78 is 0. The number of carbonyl (C=O) groups is 1. The lowest BCUT2D eigenvalue weighted by Crippen LogP contribution is -2.50. The van der Waals surface area contributed by atoms with Crippen LogP contribution in [0.3, 0.4) is 0 Å². The number of hydrogen-bond acceptors (Lipinski definition) is 2. The number of amides is 1. The third kappa shape index (κ3) is 2.28. The molecule has 0 aromatic carbocycles. The quantitative estimate of drug-likeness (QED) is 0.843. The van der Waals surface area contributed by atoms with Crippen LogP contribution in [0.5, 0.6) is 0 Å². The van der Waals surface area contributed by atoms with Crippen LogP contribution in [0.25, 0.3) is 0 Å². The van der Waals surface area contributed by atoms with Gasteiger partial charge in [0, 0.05) is 19.5 Å². The van der Waals surface area contributed by atoms with E-state index in [4.69, 9.17) is 0 Å². The monoisotopic (exact) mass is 277 g/mol. The highest BCUT2D eigenvalue weighted by Gasteiger charge is 2.51. The Bertz CT molecular complexity index is 371. The fourth-order valence-corrected chi connectivity index (χ4v) is 6.12. The smallest absolute Gasteiger partial charge is 0.223 e. The van der Waals surface area contributed by atoms with E-state index in [9.17, 15) is 9.90 Å². The van der Waals surface area contributed by atoms with Gasteiger partial charge in [-0.2, -0.15) is 0 Å². The Hall–Kier alpha value is -0.570. The van der Waals surface area contributed by atoms with Gasteiger partial charge in [0.2, 0.25) is 5.91 Å². The Morgan fingerprint density at radius 3 is 2.25 bits per heavy atom. The lowest BCUT2D eigenvalue weighted by atomic mass is 9.49. The molecule has 3 heteroatoms. The van der Waals surface area contributed by atoms with E-state index in [0.29, 0.717) is 17.9 Å².